The average Bonchev–Trinajstić information content (AvgIpc) is 2.70. The van der Waals surface area contributed by atoms with Gasteiger partial charge in [-0.25, -0.2) is 5.14 Å². The van der Waals surface area contributed by atoms with Crippen LogP contribution in [0.3, 0.4) is 0 Å². The highest BCUT2D eigenvalue weighted by Gasteiger charge is 2.21. The number of allylic oxidation sites excluding steroid dienone is 1. The number of nitrogens with two attached hydrogens (primary N) is 2. The molecule has 0 aliphatic carbocycles. The van der Waals surface area contributed by atoms with Crippen molar-refractivity contribution in [3.8, 4) is 0 Å². The maximum Gasteiger partial charge on any atom is 0.320 e. The predicted molar refractivity (Wildman–Crippen MR) is 131 cm³/mol. The van der Waals surface area contributed by atoms with Crippen LogP contribution < -0.4 is 15.8 Å². The van der Waals surface area contributed by atoms with Crippen LogP contribution in [0.25, 0.3) is 5.57 Å². The van der Waals surface area contributed by atoms with Crippen molar-refractivity contribution in [3.05, 3.63) is 66.0 Å². The first-order valence-corrected chi connectivity index (χ1v) is 11.9. The van der Waals surface area contributed by atoms with Crippen molar-refractivity contribution in [2.24, 2.45) is 20.7 Å². The maximum absolute atomic E-state index is 11.5. The lowest BCUT2D eigenvalue weighted by Crippen LogP contribution is -2.43. The van der Waals surface area contributed by atoms with Crippen LogP contribution in [-0.2, 0) is 15.0 Å². The molecule has 1 aromatic carbocycles. The van der Waals surface area contributed by atoms with Crippen LogP contribution in [0, 0.1) is 5.41 Å². The number of benzene rings is 1. The van der Waals surface area contributed by atoms with E-state index >= 15 is 0 Å². The number of unbranched alkanes of at least 4 members (excludes halogenated alkanes) is 1. The van der Waals surface area contributed by atoms with Gasteiger partial charge in [-0.15, -0.1) is 4.40 Å². The van der Waals surface area contributed by atoms with Crippen LogP contribution in [0.15, 0.2) is 59.3 Å². The van der Waals surface area contributed by atoms with Crippen molar-refractivity contribution in [1.82, 2.24) is 4.98 Å². The second-order valence-corrected chi connectivity index (χ2v) is 10.0. The van der Waals surface area contributed by atoms with Gasteiger partial charge in [-0.1, -0.05) is 45.0 Å². The van der Waals surface area contributed by atoms with E-state index in [1.54, 1.807) is 17.3 Å². The molecule has 0 radical (unpaired) electrons. The van der Waals surface area contributed by atoms with Gasteiger partial charge in [0.05, 0.1) is 0 Å². The van der Waals surface area contributed by atoms with Gasteiger partial charge in [-0.05, 0) is 47.6 Å². The highest BCUT2D eigenvalue weighted by Crippen LogP contribution is 2.29. The Morgan fingerprint density at radius 2 is 1.91 bits per heavy atom. The Balaban J connectivity index is 2.53. The zero-order valence-electron chi connectivity index (χ0n) is 19.1. The Labute approximate surface area is 195 Å². The van der Waals surface area contributed by atoms with Crippen molar-refractivity contribution >= 4 is 33.4 Å². The summed E-state index contributed by atoms with van der Waals surface area (Å²) in [6.45, 7) is 6.39. The van der Waals surface area contributed by atoms with E-state index in [4.69, 9.17) is 16.0 Å². The number of carboxylic acid groups (broad SMARTS) is 1. The van der Waals surface area contributed by atoms with Crippen LogP contribution in [0.2, 0.25) is 0 Å². The van der Waals surface area contributed by atoms with E-state index in [1.165, 1.54) is 0 Å². The average molecular weight is 474 g/mol. The third kappa shape index (κ3) is 9.03. The van der Waals surface area contributed by atoms with Gasteiger partial charge in [0.1, 0.15) is 0 Å². The number of aromatic nitrogens is 1. The molecule has 1 aromatic heterocycles. The second kappa shape index (κ2) is 11.1. The highest BCUT2D eigenvalue weighted by molar-refractivity contribution is 7.88. The number of carbonyl (C=O) groups is 1. The first-order chi connectivity index (χ1) is 15.4. The Morgan fingerprint density at radius 1 is 1.21 bits per heavy atom. The number of carboxylic acids is 1. The van der Waals surface area contributed by atoms with Crippen molar-refractivity contribution in [2.75, 3.05) is 11.4 Å². The summed E-state index contributed by atoms with van der Waals surface area (Å²) in [4.78, 5) is 16.7. The Morgan fingerprint density at radius 3 is 2.48 bits per heavy atom. The topological polar surface area (TPSA) is 152 Å². The molecule has 9 nitrogen and oxygen atoms in total. The minimum absolute atomic E-state index is 0.0801. The minimum atomic E-state index is -4.17. The molecule has 5 N–H and O–H groups in total. The molecule has 0 amide bonds. The first-order valence-electron chi connectivity index (χ1n) is 10.4. The molecule has 0 spiro atoms. The van der Waals surface area contributed by atoms with Crippen LogP contribution in [0.4, 0.5) is 5.69 Å². The predicted octanol–water partition coefficient (Wildman–Crippen LogP) is 3.14. The van der Waals surface area contributed by atoms with Crippen LogP contribution in [-0.4, -0.2) is 37.0 Å². The monoisotopic (exact) mass is 473 g/mol. The lowest BCUT2D eigenvalue weighted by atomic mass is 9.94. The van der Waals surface area contributed by atoms with E-state index < -0.39 is 16.2 Å². The van der Waals surface area contributed by atoms with Gasteiger partial charge < -0.3 is 15.7 Å². The van der Waals surface area contributed by atoms with Crippen molar-refractivity contribution in [3.63, 3.8) is 0 Å². The van der Waals surface area contributed by atoms with Gasteiger partial charge in [0.2, 0.25) is 5.96 Å². The van der Waals surface area contributed by atoms with E-state index in [1.807, 2.05) is 63.2 Å². The molecule has 0 aliphatic rings. The van der Waals surface area contributed by atoms with Crippen LogP contribution >= 0.6 is 0 Å². The number of pyridine rings is 1. The highest BCUT2D eigenvalue weighted by atomic mass is 32.2. The largest absolute Gasteiger partial charge is 0.481 e. The summed E-state index contributed by atoms with van der Waals surface area (Å²) in [5.41, 5.74) is 9.06. The van der Waals surface area contributed by atoms with E-state index in [-0.39, 0.29) is 17.8 Å². The van der Waals surface area contributed by atoms with Gasteiger partial charge in [-0.3, -0.25) is 9.78 Å². The molecule has 2 rings (SSSR count). The van der Waals surface area contributed by atoms with Gasteiger partial charge in [-0.2, -0.15) is 8.42 Å². The molecular formula is C23H31N5O4S. The minimum Gasteiger partial charge on any atom is -0.481 e. The molecule has 0 bridgehead atoms. The van der Waals surface area contributed by atoms with Gasteiger partial charge in [0, 0.05) is 36.6 Å². The fraction of sp³-hybridized carbons (Fsp3) is 0.348. The lowest BCUT2D eigenvalue weighted by Gasteiger charge is -2.31. The summed E-state index contributed by atoms with van der Waals surface area (Å²) in [7, 11) is -4.17. The van der Waals surface area contributed by atoms with Gasteiger partial charge in [0.25, 0.3) is 0 Å². The summed E-state index contributed by atoms with van der Waals surface area (Å²) in [6, 6.07) is 11.2. The molecule has 0 fully saturated rings. The summed E-state index contributed by atoms with van der Waals surface area (Å²) in [5, 5.41) is 14.0. The third-order valence-corrected chi connectivity index (χ3v) is 4.96. The maximum atomic E-state index is 11.5. The van der Waals surface area contributed by atoms with Crippen molar-refractivity contribution in [1.29, 1.82) is 0 Å². The Hall–Kier alpha value is -3.24. The van der Waals surface area contributed by atoms with Gasteiger partial charge >= 0.3 is 16.2 Å². The summed E-state index contributed by atoms with van der Waals surface area (Å²) in [6.07, 6.45) is 6.55. The summed E-state index contributed by atoms with van der Waals surface area (Å²) >= 11 is 0. The molecule has 1 heterocycles. The standard InChI is InChI=1S/C23H31N5O4S/c1-23(2,3)16-28(22(24)27-33(25,31)32)19-10-6-8-17(14-19)20(11-4-5-12-21(29)30)18-9-7-13-26-15-18/h6-11,13-15H,4-5,12,16H2,1-3H3,(H2,24,27)(H,29,30)(H2,25,31,32)/b20-11+. The fourth-order valence-electron chi connectivity index (χ4n) is 3.22. The molecule has 0 atom stereocenters. The van der Waals surface area contributed by atoms with E-state index in [0.717, 1.165) is 16.7 Å². The normalized spacial score (nSPS) is 13.1. The zero-order chi connectivity index (χ0) is 24.6. The number of aliphatic carboxylic acids is 1. The van der Waals surface area contributed by atoms with Gasteiger partial charge in [0.15, 0.2) is 0 Å². The quantitative estimate of drug-likeness (QED) is 0.287. The molecule has 0 aliphatic heterocycles. The number of nitrogens with zero attached hydrogens (tertiary/aromatic N) is 3. The summed E-state index contributed by atoms with van der Waals surface area (Å²) < 4.78 is 26.5. The molecule has 10 heteroatoms. The number of hydrogen-bond donors (Lipinski definition) is 3. The molecule has 33 heavy (non-hydrogen) atoms. The number of guanidine groups is 1. The van der Waals surface area contributed by atoms with E-state index in [9.17, 15) is 13.2 Å². The van der Waals surface area contributed by atoms with E-state index in [2.05, 4.69) is 9.38 Å². The molecular weight excluding hydrogens is 442 g/mol. The smallest absolute Gasteiger partial charge is 0.320 e. The summed E-state index contributed by atoms with van der Waals surface area (Å²) in [5.74, 6) is -1.06. The molecule has 178 valence electrons. The fourth-order valence-corrected chi connectivity index (χ4v) is 3.58. The van der Waals surface area contributed by atoms with Crippen LogP contribution in [0.5, 0.6) is 0 Å². The number of hydrogen-bond acceptors (Lipinski definition) is 4. The Bertz CT molecular complexity index is 1120. The molecule has 2 aromatic rings. The third-order valence-electron chi connectivity index (χ3n) is 4.51. The first kappa shape index (κ1) is 26.0. The molecule has 0 saturated heterocycles. The number of rotatable bonds is 9. The Kier molecular flexibility index (Phi) is 8.72. The lowest BCUT2D eigenvalue weighted by molar-refractivity contribution is -0.137. The van der Waals surface area contributed by atoms with Crippen LogP contribution in [0.1, 0.15) is 51.2 Å². The SMILES string of the molecule is CC(C)(C)CN(C(N)=NS(N)(=O)=O)c1cccc(/C(=C\CCCC(=O)O)c2cccnc2)c1. The number of anilines is 1. The van der Waals surface area contributed by atoms with Crippen molar-refractivity contribution in [2.45, 2.75) is 40.0 Å². The molecule has 0 unspecified atom stereocenters. The van der Waals surface area contributed by atoms with Crippen molar-refractivity contribution < 1.29 is 18.3 Å². The second-order valence-electron chi connectivity index (χ2n) is 8.81. The molecule has 0 saturated carbocycles. The van der Waals surface area contributed by atoms with E-state index in [0.29, 0.717) is 25.1 Å². The zero-order valence-corrected chi connectivity index (χ0v) is 19.9.